The quantitative estimate of drug-likeness (QED) is 0.149. The second-order valence-corrected chi connectivity index (χ2v) is 8.19. The number of ether oxygens (including phenoxy) is 1. The number of nitro benzene ring substituents is 1. The molecule has 182 valence electrons. The number of non-ortho nitro benzene ring substituents is 1. The Morgan fingerprint density at radius 1 is 1.19 bits per heavy atom. The number of nitrogens with zero attached hydrogens (tertiary/aromatic N) is 6. The Kier molecular flexibility index (Phi) is 7.98. The van der Waals surface area contributed by atoms with Gasteiger partial charge in [-0.2, -0.15) is 5.10 Å². The number of nitrogens with one attached hydrogen (secondary N) is 1. The number of benzene rings is 2. The molecule has 0 aliphatic heterocycles. The van der Waals surface area contributed by atoms with Gasteiger partial charge in [0, 0.05) is 41.3 Å². The lowest BCUT2D eigenvalue weighted by Crippen LogP contribution is -2.20. The van der Waals surface area contributed by atoms with Crippen LogP contribution in [0.15, 0.2) is 83.3 Å². The number of nitro groups is 1. The van der Waals surface area contributed by atoms with Crippen LogP contribution in [0.5, 0.6) is 5.75 Å². The van der Waals surface area contributed by atoms with Crippen molar-refractivity contribution in [1.29, 1.82) is 0 Å². The SMILES string of the molecule is CCOc1ccc(-n2c(SCC(=O)N/N=C\c3cccc([N+](=O)[O-])c3)nnc2-c2cccnc2)cc1. The molecule has 0 bridgehead atoms. The van der Waals surface area contributed by atoms with Crippen molar-refractivity contribution in [3.8, 4) is 22.8 Å². The van der Waals surface area contributed by atoms with Gasteiger partial charge in [0.2, 0.25) is 0 Å². The summed E-state index contributed by atoms with van der Waals surface area (Å²) in [6.45, 7) is 2.48. The fraction of sp³-hybridized carbons (Fsp3) is 0.125. The summed E-state index contributed by atoms with van der Waals surface area (Å²) in [7, 11) is 0. The largest absolute Gasteiger partial charge is 0.494 e. The highest BCUT2D eigenvalue weighted by molar-refractivity contribution is 7.99. The summed E-state index contributed by atoms with van der Waals surface area (Å²) in [4.78, 5) is 26.9. The van der Waals surface area contributed by atoms with Gasteiger partial charge in [-0.05, 0) is 43.3 Å². The summed E-state index contributed by atoms with van der Waals surface area (Å²) in [5, 5.41) is 23.9. The molecule has 36 heavy (non-hydrogen) atoms. The second-order valence-electron chi connectivity index (χ2n) is 7.24. The minimum Gasteiger partial charge on any atom is -0.494 e. The fourth-order valence-electron chi connectivity index (χ4n) is 3.20. The van der Waals surface area contributed by atoms with Gasteiger partial charge in [-0.3, -0.25) is 24.5 Å². The normalized spacial score (nSPS) is 10.9. The smallest absolute Gasteiger partial charge is 0.270 e. The zero-order chi connectivity index (χ0) is 25.3. The molecule has 0 saturated carbocycles. The van der Waals surface area contributed by atoms with Gasteiger partial charge in [0.05, 0.1) is 23.5 Å². The van der Waals surface area contributed by atoms with Crippen LogP contribution in [0.1, 0.15) is 12.5 Å². The number of hydrogen-bond acceptors (Lipinski definition) is 9. The van der Waals surface area contributed by atoms with E-state index in [1.165, 1.54) is 30.1 Å². The highest BCUT2D eigenvalue weighted by atomic mass is 32.2. The summed E-state index contributed by atoms with van der Waals surface area (Å²) in [5.41, 5.74) is 4.44. The number of carbonyl (C=O) groups excluding carboxylic acids is 1. The maximum Gasteiger partial charge on any atom is 0.270 e. The Balaban J connectivity index is 1.49. The lowest BCUT2D eigenvalue weighted by Gasteiger charge is -2.11. The van der Waals surface area contributed by atoms with E-state index < -0.39 is 4.92 Å². The van der Waals surface area contributed by atoms with Crippen molar-refractivity contribution in [1.82, 2.24) is 25.2 Å². The number of aromatic nitrogens is 4. The first-order valence-electron chi connectivity index (χ1n) is 10.8. The van der Waals surface area contributed by atoms with Crippen LogP contribution in [0.4, 0.5) is 5.69 Å². The molecular formula is C24H21N7O4S. The van der Waals surface area contributed by atoms with Gasteiger partial charge in [0.1, 0.15) is 5.75 Å². The number of pyridine rings is 1. The van der Waals surface area contributed by atoms with Crippen molar-refractivity contribution in [3.63, 3.8) is 0 Å². The van der Waals surface area contributed by atoms with Crippen molar-refractivity contribution in [2.24, 2.45) is 5.10 Å². The zero-order valence-electron chi connectivity index (χ0n) is 19.1. The lowest BCUT2D eigenvalue weighted by molar-refractivity contribution is -0.384. The summed E-state index contributed by atoms with van der Waals surface area (Å²) < 4.78 is 7.38. The zero-order valence-corrected chi connectivity index (χ0v) is 20.0. The first-order chi connectivity index (χ1) is 17.5. The van der Waals surface area contributed by atoms with E-state index in [2.05, 4.69) is 25.7 Å². The van der Waals surface area contributed by atoms with Gasteiger partial charge in [-0.25, -0.2) is 5.43 Å². The molecule has 2 heterocycles. The summed E-state index contributed by atoms with van der Waals surface area (Å²) in [6.07, 6.45) is 4.71. The van der Waals surface area contributed by atoms with E-state index in [9.17, 15) is 14.9 Å². The molecule has 0 saturated heterocycles. The monoisotopic (exact) mass is 503 g/mol. The second kappa shape index (κ2) is 11.7. The summed E-state index contributed by atoms with van der Waals surface area (Å²) in [6, 6.07) is 17.1. The molecule has 1 amide bonds. The number of amides is 1. The maximum atomic E-state index is 12.4. The molecular weight excluding hydrogens is 482 g/mol. The fourth-order valence-corrected chi connectivity index (χ4v) is 3.94. The van der Waals surface area contributed by atoms with Crippen LogP contribution in [0, 0.1) is 10.1 Å². The van der Waals surface area contributed by atoms with E-state index in [0.29, 0.717) is 23.2 Å². The van der Waals surface area contributed by atoms with Gasteiger partial charge < -0.3 is 4.74 Å². The summed E-state index contributed by atoms with van der Waals surface area (Å²) >= 11 is 1.20. The van der Waals surface area contributed by atoms with E-state index in [4.69, 9.17) is 4.74 Å². The number of hydrazone groups is 1. The Labute approximate surface area is 210 Å². The first-order valence-corrected chi connectivity index (χ1v) is 11.8. The van der Waals surface area contributed by atoms with Gasteiger partial charge >= 0.3 is 0 Å². The number of hydrogen-bond donors (Lipinski definition) is 1. The third-order valence-corrected chi connectivity index (χ3v) is 5.70. The number of thioether (sulfide) groups is 1. The molecule has 0 unspecified atom stereocenters. The Hall–Kier alpha value is -4.58. The Bertz CT molecular complexity index is 1370. The third-order valence-electron chi connectivity index (χ3n) is 4.78. The molecule has 0 aliphatic carbocycles. The van der Waals surface area contributed by atoms with Crippen LogP contribution in [-0.2, 0) is 4.79 Å². The lowest BCUT2D eigenvalue weighted by atomic mass is 10.2. The van der Waals surface area contributed by atoms with E-state index in [1.807, 2.05) is 47.9 Å². The number of carbonyl (C=O) groups is 1. The summed E-state index contributed by atoms with van der Waals surface area (Å²) in [5.74, 6) is 0.978. The van der Waals surface area contributed by atoms with E-state index >= 15 is 0 Å². The number of rotatable bonds is 10. The van der Waals surface area contributed by atoms with Gasteiger partial charge in [0.15, 0.2) is 11.0 Å². The standard InChI is InChI=1S/C24H21N7O4S/c1-2-35-21-10-8-19(9-11-21)30-23(18-6-4-12-25-15-18)28-29-24(30)36-16-22(32)27-26-14-17-5-3-7-20(13-17)31(33)34/h3-15H,2,16H2,1H3,(H,27,32)/b26-14-. The molecule has 2 aromatic heterocycles. The highest BCUT2D eigenvalue weighted by Gasteiger charge is 2.17. The third kappa shape index (κ3) is 6.10. The predicted octanol–water partition coefficient (Wildman–Crippen LogP) is 3.88. The molecule has 4 aromatic rings. The van der Waals surface area contributed by atoms with Crippen molar-refractivity contribution >= 4 is 29.6 Å². The van der Waals surface area contributed by atoms with Crippen LogP contribution < -0.4 is 10.2 Å². The molecule has 0 radical (unpaired) electrons. The van der Waals surface area contributed by atoms with Crippen molar-refractivity contribution in [2.75, 3.05) is 12.4 Å². The molecule has 12 heteroatoms. The van der Waals surface area contributed by atoms with Crippen molar-refractivity contribution in [3.05, 3.63) is 88.7 Å². The van der Waals surface area contributed by atoms with Gasteiger partial charge in [-0.1, -0.05) is 23.9 Å². The Morgan fingerprint density at radius 3 is 2.75 bits per heavy atom. The van der Waals surface area contributed by atoms with Crippen LogP contribution in [0.3, 0.4) is 0 Å². The van der Waals surface area contributed by atoms with Gasteiger partial charge in [0.25, 0.3) is 11.6 Å². The average Bonchev–Trinajstić information content (AvgIpc) is 3.33. The van der Waals surface area contributed by atoms with Crippen LogP contribution in [0.25, 0.3) is 17.1 Å². The maximum absolute atomic E-state index is 12.4. The molecule has 11 nitrogen and oxygen atoms in total. The molecule has 0 atom stereocenters. The van der Waals surface area contributed by atoms with Crippen LogP contribution >= 0.6 is 11.8 Å². The topological polar surface area (TPSA) is 137 Å². The Morgan fingerprint density at radius 2 is 2.03 bits per heavy atom. The van der Waals surface area contributed by atoms with Gasteiger partial charge in [-0.15, -0.1) is 10.2 Å². The average molecular weight is 504 g/mol. The molecule has 0 fully saturated rings. The molecule has 0 aliphatic rings. The van der Waals surface area contributed by atoms with E-state index in [1.54, 1.807) is 24.5 Å². The van der Waals surface area contributed by atoms with Crippen LogP contribution in [0.2, 0.25) is 0 Å². The predicted molar refractivity (Wildman–Crippen MR) is 135 cm³/mol. The van der Waals surface area contributed by atoms with Crippen molar-refractivity contribution < 1.29 is 14.5 Å². The van der Waals surface area contributed by atoms with E-state index in [-0.39, 0.29) is 17.3 Å². The van der Waals surface area contributed by atoms with E-state index in [0.717, 1.165) is 17.0 Å². The van der Waals surface area contributed by atoms with Crippen molar-refractivity contribution in [2.45, 2.75) is 12.1 Å². The minimum absolute atomic E-state index is 0.0223. The molecule has 0 spiro atoms. The first kappa shape index (κ1) is 24.5. The molecule has 2 aromatic carbocycles. The molecule has 4 rings (SSSR count). The highest BCUT2D eigenvalue weighted by Crippen LogP contribution is 2.28. The minimum atomic E-state index is -0.493. The van der Waals surface area contributed by atoms with Crippen LogP contribution in [-0.4, -0.2) is 49.2 Å². The molecule has 1 N–H and O–H groups in total.